The van der Waals surface area contributed by atoms with Crippen LogP contribution < -0.4 is 5.32 Å². The minimum atomic E-state index is -1.12. The van der Waals surface area contributed by atoms with Crippen molar-refractivity contribution >= 4 is 6.09 Å². The molecule has 0 saturated heterocycles. The maximum Gasteiger partial charge on any atom is 0.405 e. The van der Waals surface area contributed by atoms with Gasteiger partial charge in [-0.05, 0) is 13.8 Å². The summed E-state index contributed by atoms with van der Waals surface area (Å²) in [5.74, 6) is 0. The van der Waals surface area contributed by atoms with Crippen LogP contribution in [-0.4, -0.2) is 28.5 Å². The Hall–Kier alpha value is -0.770. The SMILES string of the molecule is CC(C)(CO)NC(=O)O. The first-order valence-electron chi connectivity index (χ1n) is 2.60. The maximum atomic E-state index is 9.95. The molecule has 0 rings (SSSR count). The first-order chi connectivity index (χ1) is 3.98. The predicted molar refractivity (Wildman–Crippen MR) is 32.3 cm³/mol. The molecule has 9 heavy (non-hydrogen) atoms. The zero-order valence-electron chi connectivity index (χ0n) is 5.51. The smallest absolute Gasteiger partial charge is 0.405 e. The van der Waals surface area contributed by atoms with Crippen molar-refractivity contribution in [3.05, 3.63) is 0 Å². The average molecular weight is 133 g/mol. The van der Waals surface area contributed by atoms with Crippen molar-refractivity contribution in [3.8, 4) is 0 Å². The Bertz CT molecular complexity index is 111. The molecule has 54 valence electrons. The fourth-order valence-corrected chi connectivity index (χ4v) is 0.329. The van der Waals surface area contributed by atoms with Crippen molar-refractivity contribution in [1.29, 1.82) is 0 Å². The van der Waals surface area contributed by atoms with Crippen LogP contribution in [0.25, 0.3) is 0 Å². The van der Waals surface area contributed by atoms with Crippen molar-refractivity contribution in [2.45, 2.75) is 19.4 Å². The lowest BCUT2D eigenvalue weighted by Crippen LogP contribution is -2.45. The van der Waals surface area contributed by atoms with Crippen molar-refractivity contribution in [2.75, 3.05) is 6.61 Å². The van der Waals surface area contributed by atoms with Gasteiger partial charge in [0, 0.05) is 0 Å². The molecule has 0 spiro atoms. The van der Waals surface area contributed by atoms with E-state index in [1.807, 2.05) is 0 Å². The van der Waals surface area contributed by atoms with E-state index in [0.717, 1.165) is 0 Å². The van der Waals surface area contributed by atoms with Crippen molar-refractivity contribution in [3.63, 3.8) is 0 Å². The van der Waals surface area contributed by atoms with Gasteiger partial charge in [-0.2, -0.15) is 0 Å². The second-order valence-electron chi connectivity index (χ2n) is 2.47. The van der Waals surface area contributed by atoms with Crippen molar-refractivity contribution in [2.24, 2.45) is 0 Å². The lowest BCUT2D eigenvalue weighted by molar-refractivity contribution is 0.154. The largest absolute Gasteiger partial charge is 0.465 e. The number of amides is 1. The molecular formula is C5H11NO3. The summed E-state index contributed by atoms with van der Waals surface area (Å²) in [5, 5.41) is 18.8. The molecule has 4 nitrogen and oxygen atoms in total. The highest BCUT2D eigenvalue weighted by Gasteiger charge is 2.17. The van der Waals surface area contributed by atoms with E-state index >= 15 is 0 Å². The normalized spacial score (nSPS) is 11.0. The zero-order chi connectivity index (χ0) is 7.49. The van der Waals surface area contributed by atoms with Gasteiger partial charge in [0.1, 0.15) is 0 Å². The Morgan fingerprint density at radius 2 is 2.11 bits per heavy atom. The third-order valence-corrected chi connectivity index (χ3v) is 0.841. The number of carbonyl (C=O) groups is 1. The fourth-order valence-electron chi connectivity index (χ4n) is 0.329. The Morgan fingerprint density at radius 1 is 1.67 bits per heavy atom. The van der Waals surface area contributed by atoms with E-state index in [1.54, 1.807) is 13.8 Å². The van der Waals surface area contributed by atoms with Crippen LogP contribution >= 0.6 is 0 Å². The molecule has 1 amide bonds. The highest BCUT2D eigenvalue weighted by atomic mass is 16.4. The number of aliphatic hydroxyl groups is 1. The lowest BCUT2D eigenvalue weighted by Gasteiger charge is -2.20. The monoisotopic (exact) mass is 133 g/mol. The van der Waals surface area contributed by atoms with E-state index in [0.29, 0.717) is 0 Å². The standard InChI is InChI=1S/C5H11NO3/c1-5(2,3-7)6-4(8)9/h6-7H,3H2,1-2H3,(H,8,9). The molecule has 0 aliphatic carbocycles. The van der Waals surface area contributed by atoms with Gasteiger partial charge < -0.3 is 15.5 Å². The molecular weight excluding hydrogens is 122 g/mol. The highest BCUT2D eigenvalue weighted by molar-refractivity contribution is 5.65. The summed E-state index contributed by atoms with van der Waals surface area (Å²) < 4.78 is 0. The first kappa shape index (κ1) is 8.23. The fraction of sp³-hybridized carbons (Fsp3) is 0.800. The minimum Gasteiger partial charge on any atom is -0.465 e. The molecule has 0 aromatic rings. The van der Waals surface area contributed by atoms with Crippen molar-refractivity contribution < 1.29 is 15.0 Å². The average Bonchev–Trinajstić information content (AvgIpc) is 1.63. The number of nitrogens with one attached hydrogen (secondary N) is 1. The Kier molecular flexibility index (Phi) is 2.45. The molecule has 4 heteroatoms. The van der Waals surface area contributed by atoms with Gasteiger partial charge in [0.2, 0.25) is 0 Å². The molecule has 0 aliphatic heterocycles. The van der Waals surface area contributed by atoms with Gasteiger partial charge in [-0.15, -0.1) is 0 Å². The van der Waals surface area contributed by atoms with Crippen LogP contribution in [0.2, 0.25) is 0 Å². The van der Waals surface area contributed by atoms with Crippen LogP contribution in [0.5, 0.6) is 0 Å². The third kappa shape index (κ3) is 3.78. The van der Waals surface area contributed by atoms with Gasteiger partial charge in [0.25, 0.3) is 0 Å². The summed E-state index contributed by atoms with van der Waals surface area (Å²) in [6, 6.07) is 0. The predicted octanol–water partition coefficient (Wildman–Crippen LogP) is 0.0249. The van der Waals surface area contributed by atoms with Gasteiger partial charge in [0.15, 0.2) is 0 Å². The molecule has 0 heterocycles. The van der Waals surface area contributed by atoms with E-state index < -0.39 is 11.6 Å². The van der Waals surface area contributed by atoms with Crippen LogP contribution in [-0.2, 0) is 0 Å². The number of hydrogen-bond acceptors (Lipinski definition) is 2. The van der Waals surface area contributed by atoms with Gasteiger partial charge in [-0.25, -0.2) is 4.79 Å². The summed E-state index contributed by atoms with van der Waals surface area (Å²) in [6.45, 7) is 3.00. The molecule has 0 aliphatic rings. The van der Waals surface area contributed by atoms with Crippen LogP contribution in [0.15, 0.2) is 0 Å². The lowest BCUT2D eigenvalue weighted by atomic mass is 10.1. The summed E-state index contributed by atoms with van der Waals surface area (Å²) >= 11 is 0. The molecule has 0 atom stereocenters. The number of rotatable bonds is 2. The van der Waals surface area contributed by atoms with Crippen LogP contribution in [0, 0.1) is 0 Å². The molecule has 3 N–H and O–H groups in total. The third-order valence-electron chi connectivity index (χ3n) is 0.841. The topological polar surface area (TPSA) is 69.6 Å². The number of aliphatic hydroxyl groups excluding tert-OH is 1. The van der Waals surface area contributed by atoms with Gasteiger partial charge in [0.05, 0.1) is 12.1 Å². The van der Waals surface area contributed by atoms with Crippen molar-refractivity contribution in [1.82, 2.24) is 5.32 Å². The zero-order valence-corrected chi connectivity index (χ0v) is 5.51. The maximum absolute atomic E-state index is 9.95. The Labute approximate surface area is 53.5 Å². The van der Waals surface area contributed by atoms with Crippen LogP contribution in [0.1, 0.15) is 13.8 Å². The number of hydrogen-bond donors (Lipinski definition) is 3. The molecule has 0 aromatic carbocycles. The van der Waals surface area contributed by atoms with Gasteiger partial charge in [-0.3, -0.25) is 0 Å². The first-order valence-corrected chi connectivity index (χ1v) is 2.60. The Balaban J connectivity index is 3.71. The summed E-state index contributed by atoms with van der Waals surface area (Å²) in [5.41, 5.74) is -0.730. The van der Waals surface area contributed by atoms with E-state index in [2.05, 4.69) is 5.32 Å². The molecule has 0 saturated carbocycles. The van der Waals surface area contributed by atoms with Gasteiger partial charge in [-0.1, -0.05) is 0 Å². The van der Waals surface area contributed by atoms with Gasteiger partial charge >= 0.3 is 6.09 Å². The highest BCUT2D eigenvalue weighted by Crippen LogP contribution is 1.97. The quantitative estimate of drug-likeness (QED) is 0.497. The molecule has 0 unspecified atom stereocenters. The summed E-state index contributed by atoms with van der Waals surface area (Å²) in [6.07, 6.45) is -1.12. The molecule has 0 radical (unpaired) electrons. The van der Waals surface area contributed by atoms with E-state index in [4.69, 9.17) is 10.2 Å². The van der Waals surface area contributed by atoms with Crippen LogP contribution in [0.4, 0.5) is 4.79 Å². The Morgan fingerprint density at radius 3 is 2.22 bits per heavy atom. The summed E-state index contributed by atoms with van der Waals surface area (Å²) in [4.78, 5) is 9.95. The number of carboxylic acid groups (broad SMARTS) is 1. The summed E-state index contributed by atoms with van der Waals surface area (Å²) in [7, 11) is 0. The minimum absolute atomic E-state index is 0.195. The van der Waals surface area contributed by atoms with E-state index in [-0.39, 0.29) is 6.61 Å². The molecule has 0 bridgehead atoms. The van der Waals surface area contributed by atoms with Crippen LogP contribution in [0.3, 0.4) is 0 Å². The molecule has 0 fully saturated rings. The van der Waals surface area contributed by atoms with E-state index in [1.165, 1.54) is 0 Å². The molecule has 0 aromatic heterocycles. The second-order valence-corrected chi connectivity index (χ2v) is 2.47. The second kappa shape index (κ2) is 2.68. The van der Waals surface area contributed by atoms with E-state index in [9.17, 15) is 4.79 Å².